The zero-order valence-electron chi connectivity index (χ0n) is 12.4. The lowest BCUT2D eigenvalue weighted by Crippen LogP contribution is -2.38. The maximum Gasteiger partial charge on any atom is 0.262 e. The molecule has 0 spiro atoms. The fourth-order valence-corrected chi connectivity index (χ4v) is 5.90. The van der Waals surface area contributed by atoms with Crippen LogP contribution in [0.2, 0.25) is 0 Å². The lowest BCUT2D eigenvalue weighted by molar-refractivity contribution is 0.403. The molecule has 0 N–H and O–H groups in total. The molecule has 1 aliphatic carbocycles. The summed E-state index contributed by atoms with van der Waals surface area (Å²) in [5.74, 6) is 0. The second kappa shape index (κ2) is 5.59. The fraction of sp³-hybridized carbons (Fsp3) is 0.750. The van der Waals surface area contributed by atoms with Crippen LogP contribution < -0.4 is 0 Å². The molecule has 0 atom stereocenters. The third kappa shape index (κ3) is 2.92. The van der Waals surface area contributed by atoms with E-state index < -0.39 is 20.0 Å². The van der Waals surface area contributed by atoms with E-state index in [0.29, 0.717) is 19.5 Å². The summed E-state index contributed by atoms with van der Waals surface area (Å²) in [4.78, 5) is 3.90. The summed E-state index contributed by atoms with van der Waals surface area (Å²) >= 11 is 0. The number of aromatic nitrogens is 2. The minimum Gasteiger partial charge on any atom is -0.339 e. The van der Waals surface area contributed by atoms with Crippen LogP contribution in [0.4, 0.5) is 0 Å². The number of hydrogen-bond acceptors (Lipinski definition) is 5. The van der Waals surface area contributed by atoms with E-state index in [0.717, 1.165) is 12.8 Å². The lowest BCUT2D eigenvalue weighted by Gasteiger charge is -2.20. The number of sulfonamides is 2. The van der Waals surface area contributed by atoms with Crippen LogP contribution in [0.1, 0.15) is 19.3 Å². The van der Waals surface area contributed by atoms with Crippen LogP contribution in [0.15, 0.2) is 17.6 Å². The Balaban J connectivity index is 1.75. The highest BCUT2D eigenvalue weighted by molar-refractivity contribution is 7.90. The van der Waals surface area contributed by atoms with E-state index >= 15 is 0 Å². The summed E-state index contributed by atoms with van der Waals surface area (Å²) < 4.78 is 54.0. The maximum absolute atomic E-state index is 12.5. The van der Waals surface area contributed by atoms with Crippen molar-refractivity contribution < 1.29 is 16.8 Å². The Hall–Kier alpha value is -0.970. The summed E-state index contributed by atoms with van der Waals surface area (Å²) in [5.41, 5.74) is 0. The molecule has 2 heterocycles. The van der Waals surface area contributed by atoms with Crippen LogP contribution in [0.25, 0.3) is 0 Å². The van der Waals surface area contributed by atoms with Crippen LogP contribution in [0, 0.1) is 0 Å². The third-order valence-corrected chi connectivity index (χ3v) is 8.19. The first kappa shape index (κ1) is 15.9. The van der Waals surface area contributed by atoms with E-state index in [2.05, 4.69) is 4.98 Å². The second-order valence-corrected chi connectivity index (χ2v) is 9.88. The first-order chi connectivity index (χ1) is 10.3. The summed E-state index contributed by atoms with van der Waals surface area (Å²) in [6.45, 7) is 1.08. The maximum atomic E-state index is 12.5. The topological polar surface area (TPSA) is 92.6 Å². The van der Waals surface area contributed by atoms with Crippen molar-refractivity contribution in [2.45, 2.75) is 29.5 Å². The molecule has 1 saturated carbocycles. The van der Waals surface area contributed by atoms with Crippen molar-refractivity contribution in [3.63, 3.8) is 0 Å². The van der Waals surface area contributed by atoms with E-state index in [-0.39, 0.29) is 23.4 Å². The predicted molar refractivity (Wildman–Crippen MR) is 80.1 cm³/mol. The molecule has 0 unspecified atom stereocenters. The molecule has 3 rings (SSSR count). The molecular formula is C12H20N4O4S2. The average Bonchev–Trinajstić information content (AvgIpc) is 3.25. The third-order valence-electron chi connectivity index (χ3n) is 4.00. The lowest BCUT2D eigenvalue weighted by atomic mass is 10.4. The Morgan fingerprint density at radius 1 is 1.05 bits per heavy atom. The smallest absolute Gasteiger partial charge is 0.262 e. The summed E-state index contributed by atoms with van der Waals surface area (Å²) in [5, 5.41) is -0.250. The van der Waals surface area contributed by atoms with Gasteiger partial charge >= 0.3 is 0 Å². The molecule has 10 heteroatoms. The monoisotopic (exact) mass is 348 g/mol. The fourth-order valence-electron chi connectivity index (χ4n) is 2.60. The molecule has 124 valence electrons. The van der Waals surface area contributed by atoms with Gasteiger partial charge in [0, 0.05) is 39.4 Å². The van der Waals surface area contributed by atoms with Gasteiger partial charge in [0.15, 0.2) is 5.03 Å². The Morgan fingerprint density at radius 3 is 2.27 bits per heavy atom. The van der Waals surface area contributed by atoms with Crippen molar-refractivity contribution in [3.05, 3.63) is 12.5 Å². The Morgan fingerprint density at radius 2 is 1.68 bits per heavy atom. The summed E-state index contributed by atoms with van der Waals surface area (Å²) in [7, 11) is -5.20. The van der Waals surface area contributed by atoms with Gasteiger partial charge in [0.1, 0.15) is 0 Å². The van der Waals surface area contributed by atoms with E-state index in [1.54, 1.807) is 11.6 Å². The quantitative estimate of drug-likeness (QED) is 0.739. The van der Waals surface area contributed by atoms with Crippen LogP contribution >= 0.6 is 0 Å². The van der Waals surface area contributed by atoms with Crippen molar-refractivity contribution >= 4 is 20.0 Å². The normalized spacial score (nSPS) is 22.6. The van der Waals surface area contributed by atoms with Gasteiger partial charge in [-0.2, -0.15) is 4.31 Å². The zero-order chi connectivity index (χ0) is 16.0. The highest BCUT2D eigenvalue weighted by Crippen LogP contribution is 2.31. The molecule has 0 bridgehead atoms. The van der Waals surface area contributed by atoms with Gasteiger partial charge < -0.3 is 4.57 Å². The van der Waals surface area contributed by atoms with Crippen LogP contribution in [-0.4, -0.2) is 66.4 Å². The molecule has 1 aromatic rings. The predicted octanol–water partition coefficient (Wildman–Crippen LogP) is -0.391. The minimum atomic E-state index is -3.66. The number of nitrogens with zero attached hydrogens (tertiary/aromatic N) is 4. The van der Waals surface area contributed by atoms with Crippen LogP contribution in [0.5, 0.6) is 0 Å². The van der Waals surface area contributed by atoms with E-state index in [4.69, 9.17) is 0 Å². The molecule has 0 aromatic carbocycles. The van der Waals surface area contributed by atoms with E-state index in [9.17, 15) is 16.8 Å². The van der Waals surface area contributed by atoms with Crippen molar-refractivity contribution in [1.29, 1.82) is 0 Å². The van der Waals surface area contributed by atoms with Gasteiger partial charge in [-0.25, -0.2) is 26.1 Å². The Bertz CT molecular complexity index is 752. The van der Waals surface area contributed by atoms with Gasteiger partial charge in [-0.3, -0.25) is 0 Å². The minimum absolute atomic E-state index is 0.00787. The largest absolute Gasteiger partial charge is 0.339 e. The molecular weight excluding hydrogens is 328 g/mol. The molecule has 8 nitrogen and oxygen atoms in total. The average molecular weight is 348 g/mol. The molecule has 2 aliphatic rings. The van der Waals surface area contributed by atoms with Crippen molar-refractivity contribution in [2.75, 3.05) is 26.2 Å². The van der Waals surface area contributed by atoms with Crippen LogP contribution in [0.3, 0.4) is 0 Å². The summed E-state index contributed by atoms with van der Waals surface area (Å²) in [6, 6.07) is 0. The zero-order valence-corrected chi connectivity index (χ0v) is 14.1. The highest BCUT2D eigenvalue weighted by Gasteiger charge is 2.41. The van der Waals surface area contributed by atoms with Gasteiger partial charge in [0.25, 0.3) is 10.0 Å². The Kier molecular flexibility index (Phi) is 4.04. The number of aryl methyl sites for hydroxylation is 1. The van der Waals surface area contributed by atoms with E-state index in [1.165, 1.54) is 21.1 Å². The van der Waals surface area contributed by atoms with Crippen molar-refractivity contribution in [1.82, 2.24) is 18.2 Å². The van der Waals surface area contributed by atoms with Gasteiger partial charge in [-0.1, -0.05) is 0 Å². The van der Waals surface area contributed by atoms with Gasteiger partial charge in [0.05, 0.1) is 11.6 Å². The second-order valence-electron chi connectivity index (χ2n) is 5.78. The van der Waals surface area contributed by atoms with E-state index in [1.807, 2.05) is 0 Å². The van der Waals surface area contributed by atoms with Crippen LogP contribution in [-0.2, 0) is 27.1 Å². The van der Waals surface area contributed by atoms with Crippen molar-refractivity contribution in [3.8, 4) is 0 Å². The molecule has 22 heavy (non-hydrogen) atoms. The molecule has 1 aromatic heterocycles. The molecule has 1 saturated heterocycles. The first-order valence-corrected chi connectivity index (χ1v) is 10.2. The standard InChI is InChI=1S/C12H20N4O4S2/c1-14-9-12(13-10-14)22(19,20)16-6-2-5-15(7-8-16)21(17,18)11-3-4-11/h9-11H,2-8H2,1H3. The Labute approximate surface area is 130 Å². The SMILES string of the molecule is Cn1cnc(S(=O)(=O)N2CCCN(S(=O)(=O)C3CC3)CC2)c1. The number of hydrogen-bond donors (Lipinski definition) is 0. The molecule has 0 radical (unpaired) electrons. The van der Waals surface area contributed by atoms with Gasteiger partial charge in [0.2, 0.25) is 10.0 Å². The molecule has 2 fully saturated rings. The van der Waals surface area contributed by atoms with Gasteiger partial charge in [-0.15, -0.1) is 0 Å². The highest BCUT2D eigenvalue weighted by atomic mass is 32.2. The summed E-state index contributed by atoms with van der Waals surface area (Å²) in [6.07, 6.45) is 4.83. The van der Waals surface area contributed by atoms with Crippen molar-refractivity contribution in [2.24, 2.45) is 7.05 Å². The molecule has 0 amide bonds. The molecule has 1 aliphatic heterocycles. The van der Waals surface area contributed by atoms with Gasteiger partial charge in [-0.05, 0) is 19.3 Å². The first-order valence-electron chi connectivity index (χ1n) is 7.29. The number of imidazole rings is 1. The number of rotatable bonds is 4.